The Morgan fingerprint density at radius 2 is 1.49 bits per heavy atom. The van der Waals surface area contributed by atoms with E-state index in [0.29, 0.717) is 46.8 Å². The third-order valence-corrected chi connectivity index (χ3v) is 7.53. The summed E-state index contributed by atoms with van der Waals surface area (Å²) >= 11 is 6.07. The van der Waals surface area contributed by atoms with E-state index in [4.69, 9.17) is 11.6 Å². The van der Waals surface area contributed by atoms with Crippen LogP contribution in [0.15, 0.2) is 59.0 Å². The van der Waals surface area contributed by atoms with E-state index in [1.165, 1.54) is 9.58 Å². The number of carbonyl (C=O) groups is 2. The van der Waals surface area contributed by atoms with Gasteiger partial charge in [0.05, 0.1) is 22.5 Å². The highest BCUT2D eigenvalue weighted by molar-refractivity contribution is 6.45. The summed E-state index contributed by atoms with van der Waals surface area (Å²) in [6, 6.07) is 14.2. The van der Waals surface area contributed by atoms with Gasteiger partial charge in [0, 0.05) is 23.8 Å². The Kier molecular flexibility index (Phi) is 6.58. The molecule has 8 heteroatoms. The van der Waals surface area contributed by atoms with Crippen molar-refractivity contribution in [3.63, 3.8) is 0 Å². The number of nitrogens with one attached hydrogen (secondary N) is 1. The van der Waals surface area contributed by atoms with Gasteiger partial charge in [0.2, 0.25) is 0 Å². The summed E-state index contributed by atoms with van der Waals surface area (Å²) in [4.78, 5) is 45.2. The molecule has 2 aromatic carbocycles. The molecule has 0 unspecified atom stereocenters. The first-order valence-corrected chi connectivity index (χ1v) is 13.1. The molecule has 192 valence electrons. The molecule has 7 nitrogen and oxygen atoms in total. The van der Waals surface area contributed by atoms with Gasteiger partial charge < -0.3 is 4.90 Å². The number of halogens is 1. The Labute approximate surface area is 221 Å². The number of aromatic nitrogens is 2. The number of aromatic amines is 1. The van der Waals surface area contributed by atoms with E-state index in [-0.39, 0.29) is 28.5 Å². The second-order valence-corrected chi connectivity index (χ2v) is 10.8. The van der Waals surface area contributed by atoms with Crippen LogP contribution < -0.4 is 10.5 Å². The lowest BCUT2D eigenvalue weighted by Gasteiger charge is -2.32. The summed E-state index contributed by atoms with van der Waals surface area (Å²) in [5.74, 6) is -0.403. The van der Waals surface area contributed by atoms with Crippen LogP contribution in [0.2, 0.25) is 5.02 Å². The monoisotopic (exact) mass is 518 g/mol. The number of likely N-dealkylation sites (tertiary alicyclic amines) is 1. The number of anilines is 1. The lowest BCUT2D eigenvalue weighted by molar-refractivity contribution is -0.120. The largest absolute Gasteiger partial charge is 0.366 e. The number of rotatable bonds is 5. The first-order valence-electron chi connectivity index (χ1n) is 12.7. The second kappa shape index (κ2) is 9.71. The number of benzene rings is 2. The first kappa shape index (κ1) is 25.1. The Morgan fingerprint density at radius 1 is 0.892 bits per heavy atom. The van der Waals surface area contributed by atoms with Gasteiger partial charge in [-0.25, -0.2) is 9.58 Å². The zero-order chi connectivity index (χ0) is 26.4. The Bertz CT molecular complexity index is 1440. The second-order valence-electron chi connectivity index (χ2n) is 10.3. The summed E-state index contributed by atoms with van der Waals surface area (Å²) in [5.41, 5.74) is 3.13. The van der Waals surface area contributed by atoms with Gasteiger partial charge in [0.1, 0.15) is 5.70 Å². The molecule has 1 N–H and O–H groups in total. The highest BCUT2D eigenvalue weighted by Gasteiger charge is 2.45. The molecule has 0 atom stereocenters. The molecule has 3 aromatic rings. The fourth-order valence-corrected chi connectivity index (χ4v) is 5.21. The smallest absolute Gasteiger partial charge is 0.282 e. The molecule has 2 aliphatic rings. The van der Waals surface area contributed by atoms with Crippen LogP contribution in [0.4, 0.5) is 5.69 Å². The fraction of sp³-hybridized carbons (Fsp3) is 0.345. The van der Waals surface area contributed by atoms with Crippen LogP contribution in [0.5, 0.6) is 0 Å². The number of piperidine rings is 1. The highest BCUT2D eigenvalue weighted by Crippen LogP contribution is 2.37. The molecule has 37 heavy (non-hydrogen) atoms. The molecular weight excluding hydrogens is 488 g/mol. The number of imide groups is 1. The summed E-state index contributed by atoms with van der Waals surface area (Å²) in [7, 11) is 0. The van der Waals surface area contributed by atoms with E-state index < -0.39 is 5.91 Å². The van der Waals surface area contributed by atoms with Crippen LogP contribution in [0.3, 0.4) is 0 Å². The van der Waals surface area contributed by atoms with Crippen molar-refractivity contribution in [2.24, 2.45) is 5.92 Å². The maximum Gasteiger partial charge on any atom is 0.282 e. The van der Waals surface area contributed by atoms with Gasteiger partial charge in [0.25, 0.3) is 17.4 Å². The van der Waals surface area contributed by atoms with Crippen LogP contribution in [-0.4, -0.2) is 39.6 Å². The normalized spacial score (nSPS) is 17.0. The number of H-pyrrole nitrogens is 1. The number of hydrogen-bond acceptors (Lipinski definition) is 4. The maximum absolute atomic E-state index is 14.1. The molecule has 0 bridgehead atoms. The number of aryl methyl sites for hydroxylation is 1. The zero-order valence-corrected chi connectivity index (χ0v) is 22.3. The van der Waals surface area contributed by atoms with Gasteiger partial charge in [-0.05, 0) is 68.0 Å². The number of hydrogen-bond donors (Lipinski definition) is 1. The molecule has 1 fully saturated rings. The number of carbonyl (C=O) groups excluding carboxylic acids is 2. The summed E-state index contributed by atoms with van der Waals surface area (Å²) in [6.45, 7) is 9.39. The number of amides is 2. The van der Waals surface area contributed by atoms with Crippen molar-refractivity contribution in [3.05, 3.63) is 86.4 Å². The predicted molar refractivity (Wildman–Crippen MR) is 146 cm³/mol. The van der Waals surface area contributed by atoms with Crippen LogP contribution >= 0.6 is 11.6 Å². The molecule has 0 saturated carbocycles. The minimum Gasteiger partial charge on any atom is -0.366 e. The van der Waals surface area contributed by atoms with Crippen molar-refractivity contribution < 1.29 is 9.59 Å². The summed E-state index contributed by atoms with van der Waals surface area (Å²) in [5, 5.41) is 3.77. The van der Waals surface area contributed by atoms with Crippen molar-refractivity contribution in [2.75, 3.05) is 18.0 Å². The van der Waals surface area contributed by atoms with Crippen LogP contribution in [0.25, 0.3) is 11.3 Å². The van der Waals surface area contributed by atoms with Crippen LogP contribution in [0, 0.1) is 12.8 Å². The topological polar surface area (TPSA) is 78.4 Å². The van der Waals surface area contributed by atoms with Gasteiger partial charge in [-0.15, -0.1) is 0 Å². The average Bonchev–Trinajstić information content (AvgIpc) is 3.34. The van der Waals surface area contributed by atoms with Gasteiger partial charge in [-0.1, -0.05) is 50.1 Å². The van der Waals surface area contributed by atoms with E-state index in [2.05, 4.69) is 12.0 Å². The maximum atomic E-state index is 14.1. The molecule has 3 heterocycles. The average molecular weight is 519 g/mol. The van der Waals surface area contributed by atoms with Crippen LogP contribution in [-0.2, 0) is 9.59 Å². The molecule has 0 radical (unpaired) electrons. The zero-order valence-electron chi connectivity index (χ0n) is 21.5. The highest BCUT2D eigenvalue weighted by atomic mass is 35.5. The Balaban J connectivity index is 1.72. The first-order chi connectivity index (χ1) is 17.7. The Hall–Kier alpha value is -3.58. The molecule has 0 aliphatic carbocycles. The lowest BCUT2D eigenvalue weighted by atomic mass is 9.95. The fourth-order valence-electron chi connectivity index (χ4n) is 5.08. The molecule has 1 saturated heterocycles. The summed E-state index contributed by atoms with van der Waals surface area (Å²) < 4.78 is 1.43. The molecule has 2 aliphatic heterocycles. The van der Waals surface area contributed by atoms with Crippen molar-refractivity contribution in [2.45, 2.75) is 46.5 Å². The molecule has 0 spiro atoms. The van der Waals surface area contributed by atoms with Gasteiger partial charge >= 0.3 is 0 Å². The minimum atomic E-state index is -0.469. The lowest BCUT2D eigenvalue weighted by Crippen LogP contribution is -2.38. The quantitative estimate of drug-likeness (QED) is 0.467. The number of nitrogens with zero attached hydrogens (tertiary/aromatic N) is 3. The molecule has 5 rings (SSSR count). The van der Waals surface area contributed by atoms with Crippen molar-refractivity contribution in [1.29, 1.82) is 0 Å². The predicted octanol–water partition coefficient (Wildman–Crippen LogP) is 5.27. The molecule has 2 amide bonds. The van der Waals surface area contributed by atoms with E-state index in [0.717, 1.165) is 18.4 Å². The van der Waals surface area contributed by atoms with Crippen molar-refractivity contribution in [3.8, 4) is 5.69 Å². The van der Waals surface area contributed by atoms with Crippen molar-refractivity contribution >= 4 is 34.7 Å². The third-order valence-electron chi connectivity index (χ3n) is 7.28. The molecular formula is C29H31ClN4O3. The summed E-state index contributed by atoms with van der Waals surface area (Å²) in [6.07, 6.45) is 1.84. The van der Waals surface area contributed by atoms with Crippen LogP contribution in [0.1, 0.15) is 56.4 Å². The van der Waals surface area contributed by atoms with Crippen molar-refractivity contribution in [1.82, 2.24) is 14.7 Å². The van der Waals surface area contributed by atoms with E-state index in [9.17, 15) is 14.4 Å². The standard InChI is InChI=1S/C29H31ClN4O3/c1-17(2)25-23(28(36)34(31-25)22-11-7-20(30)8-12-22)24-26(32-15-13-19(4)14-16-32)29(37)33(27(24)35)21-9-5-18(3)6-10-21/h5-12,17,19,31H,13-16H2,1-4H3. The SMILES string of the molecule is Cc1ccc(N2C(=O)C(c3c(C(C)C)[nH]n(-c4ccc(Cl)cc4)c3=O)=C(N3CCC(C)CC3)C2=O)cc1. The van der Waals surface area contributed by atoms with Gasteiger partial charge in [-0.3, -0.25) is 19.5 Å². The van der Waals surface area contributed by atoms with E-state index in [1.54, 1.807) is 36.4 Å². The van der Waals surface area contributed by atoms with E-state index >= 15 is 0 Å². The third kappa shape index (κ3) is 4.42. The van der Waals surface area contributed by atoms with E-state index in [1.807, 2.05) is 37.8 Å². The Morgan fingerprint density at radius 3 is 2.08 bits per heavy atom. The minimum absolute atomic E-state index is 0.0947. The van der Waals surface area contributed by atoms with Gasteiger partial charge in [0.15, 0.2) is 0 Å². The van der Waals surface area contributed by atoms with Gasteiger partial charge in [-0.2, -0.15) is 0 Å². The molecule has 1 aromatic heterocycles.